The summed E-state index contributed by atoms with van der Waals surface area (Å²) in [6, 6.07) is 20.7. The highest BCUT2D eigenvalue weighted by atomic mass is 14.5. The molecule has 1 nitrogen and oxygen atoms in total. The smallest absolute Gasteiger partial charge is 0.0551 e. The van der Waals surface area contributed by atoms with Gasteiger partial charge in [-0.05, 0) is 24.0 Å². The fraction of sp³-hybridized carbons (Fsp3) is 0.278. The van der Waals surface area contributed by atoms with Gasteiger partial charge in [-0.3, -0.25) is 0 Å². The number of rotatable bonds is 4. The molecule has 0 amide bonds. The van der Waals surface area contributed by atoms with Crippen molar-refractivity contribution < 1.29 is 0 Å². The van der Waals surface area contributed by atoms with Gasteiger partial charge in [-0.2, -0.15) is 0 Å². The zero-order valence-corrected chi connectivity index (χ0v) is 11.9. The molecule has 0 spiro atoms. The van der Waals surface area contributed by atoms with Crippen molar-refractivity contribution >= 4 is 5.71 Å². The van der Waals surface area contributed by atoms with Crippen molar-refractivity contribution in [1.82, 2.24) is 0 Å². The standard InChI is InChI=1S/C18H21N/c1-14(2)17(19)18(3,15-10-6-4-7-11-15)16-12-8-5-9-13-16/h4-14,19H,1-3H3. The number of hydrogen-bond acceptors (Lipinski definition) is 1. The quantitative estimate of drug-likeness (QED) is 0.764. The van der Waals surface area contributed by atoms with Crippen LogP contribution in [0.4, 0.5) is 0 Å². The van der Waals surface area contributed by atoms with E-state index >= 15 is 0 Å². The predicted octanol–water partition coefficient (Wildman–Crippen LogP) is 4.67. The molecule has 0 heterocycles. The molecule has 1 N–H and O–H groups in total. The van der Waals surface area contributed by atoms with Gasteiger partial charge >= 0.3 is 0 Å². The lowest BCUT2D eigenvalue weighted by Gasteiger charge is -2.33. The summed E-state index contributed by atoms with van der Waals surface area (Å²) >= 11 is 0. The highest BCUT2D eigenvalue weighted by Gasteiger charge is 2.34. The summed E-state index contributed by atoms with van der Waals surface area (Å²) in [7, 11) is 0. The molecule has 0 aromatic heterocycles. The van der Waals surface area contributed by atoms with Crippen molar-refractivity contribution in [2.45, 2.75) is 26.2 Å². The van der Waals surface area contributed by atoms with Crippen LogP contribution in [0.3, 0.4) is 0 Å². The summed E-state index contributed by atoms with van der Waals surface area (Å²) in [4.78, 5) is 0. The van der Waals surface area contributed by atoms with Gasteiger partial charge in [-0.1, -0.05) is 74.5 Å². The van der Waals surface area contributed by atoms with Crippen molar-refractivity contribution in [3.8, 4) is 0 Å². The lowest BCUT2D eigenvalue weighted by atomic mass is 9.69. The molecule has 2 rings (SSSR count). The van der Waals surface area contributed by atoms with E-state index in [1.54, 1.807) is 0 Å². The Balaban J connectivity index is 2.61. The average Bonchev–Trinajstić information content (AvgIpc) is 2.47. The summed E-state index contributed by atoms with van der Waals surface area (Å²) in [5.74, 6) is 0.227. The summed E-state index contributed by atoms with van der Waals surface area (Å²) in [5.41, 5.74) is 2.76. The Hall–Kier alpha value is -1.89. The molecule has 0 saturated heterocycles. The molecule has 0 unspecified atom stereocenters. The van der Waals surface area contributed by atoms with Crippen molar-refractivity contribution in [3.05, 3.63) is 71.8 Å². The molecular weight excluding hydrogens is 230 g/mol. The maximum atomic E-state index is 8.57. The fourth-order valence-electron chi connectivity index (χ4n) is 2.60. The van der Waals surface area contributed by atoms with Crippen LogP contribution in [-0.4, -0.2) is 5.71 Å². The fourth-order valence-corrected chi connectivity index (χ4v) is 2.60. The lowest BCUT2D eigenvalue weighted by molar-refractivity contribution is 0.694. The summed E-state index contributed by atoms with van der Waals surface area (Å²) in [6.45, 7) is 6.33. The highest BCUT2D eigenvalue weighted by molar-refractivity contribution is 5.96. The van der Waals surface area contributed by atoms with Gasteiger partial charge in [0.1, 0.15) is 0 Å². The van der Waals surface area contributed by atoms with Crippen LogP contribution in [0.25, 0.3) is 0 Å². The molecule has 0 saturated carbocycles. The summed E-state index contributed by atoms with van der Waals surface area (Å²) in [5, 5.41) is 8.57. The topological polar surface area (TPSA) is 23.9 Å². The molecular formula is C18H21N. The first-order valence-corrected chi connectivity index (χ1v) is 6.76. The molecule has 2 aromatic carbocycles. The van der Waals surface area contributed by atoms with E-state index in [2.05, 4.69) is 45.0 Å². The van der Waals surface area contributed by atoms with Gasteiger partial charge in [-0.15, -0.1) is 0 Å². The molecule has 0 aliphatic heterocycles. The molecule has 0 atom stereocenters. The predicted molar refractivity (Wildman–Crippen MR) is 81.9 cm³/mol. The van der Waals surface area contributed by atoms with Crippen LogP contribution in [0, 0.1) is 11.3 Å². The lowest BCUT2D eigenvalue weighted by Crippen LogP contribution is -2.36. The normalized spacial score (nSPS) is 11.6. The van der Waals surface area contributed by atoms with E-state index in [0.29, 0.717) is 0 Å². The van der Waals surface area contributed by atoms with Crippen LogP contribution in [0.2, 0.25) is 0 Å². The second-order valence-electron chi connectivity index (χ2n) is 5.43. The van der Waals surface area contributed by atoms with E-state index < -0.39 is 0 Å². The number of hydrogen-bond donors (Lipinski definition) is 1. The minimum absolute atomic E-state index is 0.227. The Morgan fingerprint density at radius 3 is 1.53 bits per heavy atom. The maximum absolute atomic E-state index is 8.57. The van der Waals surface area contributed by atoms with Gasteiger partial charge in [0.2, 0.25) is 0 Å². The van der Waals surface area contributed by atoms with Gasteiger partial charge in [0.05, 0.1) is 5.41 Å². The van der Waals surface area contributed by atoms with E-state index in [1.807, 2.05) is 36.4 Å². The molecule has 2 aromatic rings. The van der Waals surface area contributed by atoms with Crippen LogP contribution < -0.4 is 0 Å². The van der Waals surface area contributed by atoms with E-state index in [9.17, 15) is 0 Å². The van der Waals surface area contributed by atoms with E-state index in [0.717, 1.165) is 5.71 Å². The van der Waals surface area contributed by atoms with Gasteiger partial charge in [0, 0.05) is 5.71 Å². The summed E-state index contributed by atoms with van der Waals surface area (Å²) in [6.07, 6.45) is 0. The van der Waals surface area contributed by atoms with Gasteiger partial charge < -0.3 is 5.41 Å². The molecule has 1 heteroatoms. The van der Waals surface area contributed by atoms with Crippen molar-refractivity contribution in [1.29, 1.82) is 5.41 Å². The van der Waals surface area contributed by atoms with E-state index in [4.69, 9.17) is 5.41 Å². The Kier molecular flexibility index (Phi) is 3.84. The number of nitrogens with one attached hydrogen (secondary N) is 1. The molecule has 0 bridgehead atoms. The van der Waals surface area contributed by atoms with E-state index in [1.165, 1.54) is 11.1 Å². The molecule has 0 fully saturated rings. The van der Waals surface area contributed by atoms with Gasteiger partial charge in [-0.25, -0.2) is 0 Å². The zero-order chi connectivity index (χ0) is 13.9. The third-order valence-corrected chi connectivity index (χ3v) is 3.82. The minimum atomic E-state index is -0.351. The van der Waals surface area contributed by atoms with E-state index in [-0.39, 0.29) is 11.3 Å². The Labute approximate surface area is 115 Å². The monoisotopic (exact) mass is 251 g/mol. The van der Waals surface area contributed by atoms with Crippen LogP contribution in [0.15, 0.2) is 60.7 Å². The highest BCUT2D eigenvalue weighted by Crippen LogP contribution is 2.35. The zero-order valence-electron chi connectivity index (χ0n) is 11.9. The van der Waals surface area contributed by atoms with Crippen molar-refractivity contribution in [3.63, 3.8) is 0 Å². The second-order valence-corrected chi connectivity index (χ2v) is 5.43. The summed E-state index contributed by atoms with van der Waals surface area (Å²) < 4.78 is 0. The minimum Gasteiger partial charge on any atom is -0.308 e. The van der Waals surface area contributed by atoms with Crippen LogP contribution in [0.1, 0.15) is 31.9 Å². The van der Waals surface area contributed by atoms with Gasteiger partial charge in [0.15, 0.2) is 0 Å². The first-order chi connectivity index (χ1) is 9.06. The molecule has 0 radical (unpaired) electrons. The molecule has 0 aliphatic rings. The Bertz CT molecular complexity index is 501. The third kappa shape index (κ3) is 2.46. The van der Waals surface area contributed by atoms with Crippen molar-refractivity contribution in [2.75, 3.05) is 0 Å². The SMILES string of the molecule is CC(C)C(=N)C(C)(c1ccccc1)c1ccccc1. The Morgan fingerprint density at radius 1 is 0.842 bits per heavy atom. The first-order valence-electron chi connectivity index (χ1n) is 6.76. The second kappa shape index (κ2) is 5.40. The maximum Gasteiger partial charge on any atom is 0.0551 e. The van der Waals surface area contributed by atoms with Crippen molar-refractivity contribution in [2.24, 2.45) is 5.92 Å². The van der Waals surface area contributed by atoms with Gasteiger partial charge in [0.25, 0.3) is 0 Å². The largest absolute Gasteiger partial charge is 0.308 e. The van der Waals surface area contributed by atoms with Crippen LogP contribution in [-0.2, 0) is 5.41 Å². The Morgan fingerprint density at radius 2 is 1.21 bits per heavy atom. The molecule has 19 heavy (non-hydrogen) atoms. The third-order valence-electron chi connectivity index (χ3n) is 3.82. The first kappa shape index (κ1) is 13.5. The van der Waals surface area contributed by atoms with Crippen LogP contribution >= 0.6 is 0 Å². The molecule has 0 aliphatic carbocycles. The molecule has 98 valence electrons. The average molecular weight is 251 g/mol. The van der Waals surface area contributed by atoms with Crippen LogP contribution in [0.5, 0.6) is 0 Å². The number of benzene rings is 2.